The molecular weight excluding hydrogens is 376 g/mol. The normalized spacial score (nSPS) is 19.0. The Balaban J connectivity index is 1.29. The molecule has 0 spiro atoms. The molecule has 158 valence electrons. The predicted molar refractivity (Wildman–Crippen MR) is 117 cm³/mol. The van der Waals surface area contributed by atoms with E-state index < -0.39 is 0 Å². The quantitative estimate of drug-likeness (QED) is 0.749. The Hall–Kier alpha value is -2.82. The first kappa shape index (κ1) is 20.5. The van der Waals surface area contributed by atoms with E-state index in [1.165, 1.54) is 0 Å². The Labute approximate surface area is 178 Å². The molecule has 0 radical (unpaired) electrons. The molecule has 0 bridgehead atoms. The van der Waals surface area contributed by atoms with Gasteiger partial charge in [-0.25, -0.2) is 0 Å². The standard InChI is InChI=1S/C25H30N2O3/c1-19-6-8-21(9-7-19)25(29)27-16-4-5-20(17-27)18-30-23-12-10-22(11-13-23)24(28)26-14-2-3-15-26/h6-13,20H,2-5,14-18H2,1H3. The van der Waals surface area contributed by atoms with Crippen LogP contribution in [0.15, 0.2) is 48.5 Å². The number of nitrogens with zero attached hydrogens (tertiary/aromatic N) is 2. The Morgan fingerprint density at radius 3 is 2.07 bits per heavy atom. The highest BCUT2D eigenvalue weighted by atomic mass is 16.5. The van der Waals surface area contributed by atoms with Crippen LogP contribution in [0.1, 0.15) is 52.0 Å². The number of likely N-dealkylation sites (tertiary alicyclic amines) is 2. The van der Waals surface area contributed by atoms with Gasteiger partial charge in [0.1, 0.15) is 5.75 Å². The molecule has 2 amide bonds. The van der Waals surface area contributed by atoms with Crippen molar-refractivity contribution in [1.82, 2.24) is 9.80 Å². The first-order valence-electron chi connectivity index (χ1n) is 11.0. The molecule has 2 aliphatic heterocycles. The van der Waals surface area contributed by atoms with Gasteiger partial charge in [0.15, 0.2) is 0 Å². The third kappa shape index (κ3) is 4.84. The molecule has 4 rings (SSSR count). The minimum atomic E-state index is 0.101. The van der Waals surface area contributed by atoms with Crippen LogP contribution in [0.25, 0.3) is 0 Å². The summed E-state index contributed by atoms with van der Waals surface area (Å²) < 4.78 is 5.99. The van der Waals surface area contributed by atoms with E-state index in [9.17, 15) is 9.59 Å². The molecule has 0 saturated carbocycles. The van der Waals surface area contributed by atoms with Crippen molar-refractivity contribution in [2.45, 2.75) is 32.6 Å². The molecule has 2 saturated heterocycles. The molecule has 30 heavy (non-hydrogen) atoms. The molecule has 0 aromatic heterocycles. The van der Waals surface area contributed by atoms with Crippen molar-refractivity contribution in [3.63, 3.8) is 0 Å². The van der Waals surface area contributed by atoms with Crippen LogP contribution in [-0.2, 0) is 0 Å². The lowest BCUT2D eigenvalue weighted by Gasteiger charge is -2.32. The average Bonchev–Trinajstić information content (AvgIpc) is 3.33. The maximum atomic E-state index is 12.8. The number of ether oxygens (including phenoxy) is 1. The number of hydrogen-bond acceptors (Lipinski definition) is 3. The molecule has 2 aromatic rings. The maximum Gasteiger partial charge on any atom is 0.253 e. The molecule has 2 fully saturated rings. The van der Waals surface area contributed by atoms with E-state index in [-0.39, 0.29) is 11.8 Å². The van der Waals surface area contributed by atoms with Gasteiger partial charge in [-0.3, -0.25) is 9.59 Å². The van der Waals surface area contributed by atoms with Crippen molar-refractivity contribution in [3.05, 3.63) is 65.2 Å². The van der Waals surface area contributed by atoms with Gasteiger partial charge in [-0.2, -0.15) is 0 Å². The molecular formula is C25H30N2O3. The van der Waals surface area contributed by atoms with Gasteiger partial charge in [0, 0.05) is 43.2 Å². The van der Waals surface area contributed by atoms with Gasteiger partial charge in [-0.1, -0.05) is 17.7 Å². The minimum absolute atomic E-state index is 0.101. The zero-order chi connectivity index (χ0) is 20.9. The van der Waals surface area contributed by atoms with Crippen LogP contribution in [0.4, 0.5) is 0 Å². The van der Waals surface area contributed by atoms with Crippen LogP contribution in [-0.4, -0.2) is 54.4 Å². The van der Waals surface area contributed by atoms with Crippen LogP contribution in [0.3, 0.4) is 0 Å². The van der Waals surface area contributed by atoms with E-state index in [0.29, 0.717) is 12.5 Å². The Morgan fingerprint density at radius 2 is 1.40 bits per heavy atom. The third-order valence-corrected chi connectivity index (χ3v) is 6.08. The highest BCUT2D eigenvalue weighted by molar-refractivity contribution is 5.95. The largest absolute Gasteiger partial charge is 0.493 e. The summed E-state index contributed by atoms with van der Waals surface area (Å²) >= 11 is 0. The Morgan fingerprint density at radius 1 is 0.833 bits per heavy atom. The summed E-state index contributed by atoms with van der Waals surface area (Å²) in [4.78, 5) is 29.1. The minimum Gasteiger partial charge on any atom is -0.493 e. The van der Waals surface area contributed by atoms with Crippen LogP contribution in [0.2, 0.25) is 0 Å². The van der Waals surface area contributed by atoms with E-state index in [4.69, 9.17) is 4.74 Å². The predicted octanol–water partition coefficient (Wildman–Crippen LogP) is 4.16. The fourth-order valence-electron chi connectivity index (χ4n) is 4.27. The van der Waals surface area contributed by atoms with Crippen molar-refractivity contribution in [2.24, 2.45) is 5.92 Å². The van der Waals surface area contributed by atoms with E-state index in [2.05, 4.69) is 0 Å². The maximum absolute atomic E-state index is 12.8. The number of carbonyl (C=O) groups is 2. The molecule has 2 aliphatic rings. The van der Waals surface area contributed by atoms with Gasteiger partial charge in [0.05, 0.1) is 6.61 Å². The zero-order valence-corrected chi connectivity index (χ0v) is 17.7. The van der Waals surface area contributed by atoms with Gasteiger partial charge in [0.2, 0.25) is 0 Å². The van der Waals surface area contributed by atoms with Crippen LogP contribution >= 0.6 is 0 Å². The third-order valence-electron chi connectivity index (χ3n) is 6.08. The molecule has 2 aromatic carbocycles. The SMILES string of the molecule is Cc1ccc(C(=O)N2CCCC(COc3ccc(C(=O)N4CCCC4)cc3)C2)cc1. The Bertz CT molecular complexity index is 870. The van der Waals surface area contributed by atoms with Crippen molar-refractivity contribution >= 4 is 11.8 Å². The molecule has 5 heteroatoms. The van der Waals surface area contributed by atoms with E-state index >= 15 is 0 Å². The fraction of sp³-hybridized carbons (Fsp3) is 0.440. The van der Waals surface area contributed by atoms with Crippen LogP contribution in [0.5, 0.6) is 5.75 Å². The number of amides is 2. The number of benzene rings is 2. The van der Waals surface area contributed by atoms with E-state index in [1.54, 1.807) is 0 Å². The van der Waals surface area contributed by atoms with Gasteiger partial charge in [0.25, 0.3) is 11.8 Å². The summed E-state index contributed by atoms with van der Waals surface area (Å²) in [6, 6.07) is 15.2. The van der Waals surface area contributed by atoms with Gasteiger partial charge in [-0.05, 0) is 69.0 Å². The van der Waals surface area contributed by atoms with Crippen LogP contribution < -0.4 is 4.74 Å². The van der Waals surface area contributed by atoms with Crippen molar-refractivity contribution in [3.8, 4) is 5.75 Å². The number of aryl methyl sites for hydroxylation is 1. The summed E-state index contributed by atoms with van der Waals surface area (Å²) in [5, 5.41) is 0. The highest BCUT2D eigenvalue weighted by Gasteiger charge is 2.25. The Kier molecular flexibility index (Phi) is 6.36. The lowest BCUT2D eigenvalue weighted by atomic mass is 9.98. The van der Waals surface area contributed by atoms with E-state index in [0.717, 1.165) is 74.3 Å². The lowest BCUT2D eigenvalue weighted by Crippen LogP contribution is -2.41. The van der Waals surface area contributed by atoms with Gasteiger partial charge < -0.3 is 14.5 Å². The second-order valence-corrected chi connectivity index (χ2v) is 8.46. The van der Waals surface area contributed by atoms with Crippen molar-refractivity contribution in [2.75, 3.05) is 32.8 Å². The van der Waals surface area contributed by atoms with E-state index in [1.807, 2.05) is 65.3 Å². The monoisotopic (exact) mass is 406 g/mol. The molecule has 2 heterocycles. The number of carbonyl (C=O) groups excluding carboxylic acids is 2. The molecule has 0 aliphatic carbocycles. The molecule has 1 unspecified atom stereocenters. The van der Waals surface area contributed by atoms with Gasteiger partial charge in [-0.15, -0.1) is 0 Å². The number of rotatable bonds is 5. The summed E-state index contributed by atoms with van der Waals surface area (Å²) in [5.41, 5.74) is 2.63. The first-order valence-corrected chi connectivity index (χ1v) is 11.0. The van der Waals surface area contributed by atoms with Gasteiger partial charge >= 0.3 is 0 Å². The van der Waals surface area contributed by atoms with Crippen molar-refractivity contribution in [1.29, 1.82) is 0 Å². The molecule has 0 N–H and O–H groups in total. The summed E-state index contributed by atoms with van der Waals surface area (Å²) in [7, 11) is 0. The lowest BCUT2D eigenvalue weighted by molar-refractivity contribution is 0.0633. The van der Waals surface area contributed by atoms with Crippen LogP contribution in [0, 0.1) is 12.8 Å². The second-order valence-electron chi connectivity index (χ2n) is 8.46. The zero-order valence-electron chi connectivity index (χ0n) is 17.7. The van der Waals surface area contributed by atoms with Crippen molar-refractivity contribution < 1.29 is 14.3 Å². The first-order chi connectivity index (χ1) is 14.6. The summed E-state index contributed by atoms with van der Waals surface area (Å²) in [6.07, 6.45) is 4.24. The number of hydrogen-bond donors (Lipinski definition) is 0. The molecule has 5 nitrogen and oxygen atoms in total. The topological polar surface area (TPSA) is 49.9 Å². The fourth-order valence-corrected chi connectivity index (χ4v) is 4.27. The number of piperidine rings is 1. The smallest absolute Gasteiger partial charge is 0.253 e. The second kappa shape index (κ2) is 9.33. The average molecular weight is 407 g/mol. The highest BCUT2D eigenvalue weighted by Crippen LogP contribution is 2.22. The summed E-state index contributed by atoms with van der Waals surface area (Å²) in [5.74, 6) is 1.30. The molecule has 1 atom stereocenters. The summed E-state index contributed by atoms with van der Waals surface area (Å²) in [6.45, 7) is 5.84.